The first kappa shape index (κ1) is 22.4. The van der Waals surface area contributed by atoms with E-state index in [2.05, 4.69) is 9.73 Å². The highest BCUT2D eigenvalue weighted by molar-refractivity contribution is 6.12. The molecule has 10 heteroatoms. The molecule has 1 heterocycles. The average Bonchev–Trinajstić information content (AvgIpc) is 3.14. The molecule has 0 radical (unpaired) electrons. The van der Waals surface area contributed by atoms with Gasteiger partial charge in [0.2, 0.25) is 0 Å². The van der Waals surface area contributed by atoms with Crippen LogP contribution in [-0.2, 0) is 16.5 Å². The normalized spacial score (nSPS) is 18.6. The van der Waals surface area contributed by atoms with Gasteiger partial charge < -0.3 is 9.47 Å². The molecule has 2 aromatic carbocycles. The highest BCUT2D eigenvalue weighted by Gasteiger charge is 2.36. The first-order valence-electron chi connectivity index (χ1n) is 8.96. The average molecular weight is 443 g/mol. The van der Waals surface area contributed by atoms with Crippen molar-refractivity contribution in [1.29, 1.82) is 0 Å². The van der Waals surface area contributed by atoms with E-state index < -0.39 is 41.1 Å². The molecule has 0 fully saturated rings. The van der Waals surface area contributed by atoms with Crippen molar-refractivity contribution in [2.45, 2.75) is 31.4 Å². The monoisotopic (exact) mass is 443 g/mol. The first-order chi connectivity index (χ1) is 14.4. The van der Waals surface area contributed by atoms with Gasteiger partial charge in [-0.15, -0.1) is 13.2 Å². The van der Waals surface area contributed by atoms with Gasteiger partial charge in [0.1, 0.15) is 5.54 Å². The highest BCUT2D eigenvalue weighted by Crippen LogP contribution is 2.38. The Hall–Kier alpha value is -3.30. The van der Waals surface area contributed by atoms with Crippen molar-refractivity contribution in [3.05, 3.63) is 71.3 Å². The van der Waals surface area contributed by atoms with Crippen molar-refractivity contribution < 1.29 is 40.6 Å². The van der Waals surface area contributed by atoms with Crippen molar-refractivity contribution in [3.63, 3.8) is 0 Å². The van der Waals surface area contributed by atoms with E-state index in [4.69, 9.17) is 4.74 Å². The van der Waals surface area contributed by atoms with E-state index in [0.29, 0.717) is 12.0 Å². The zero-order valence-corrected chi connectivity index (χ0v) is 15.9. The molecule has 0 bridgehead atoms. The second-order valence-corrected chi connectivity index (χ2v) is 6.59. The van der Waals surface area contributed by atoms with Crippen LogP contribution in [0.1, 0.15) is 24.5 Å². The summed E-state index contributed by atoms with van der Waals surface area (Å²) in [5.41, 5.74) is -1.55. The van der Waals surface area contributed by atoms with Crippen molar-refractivity contribution >= 4 is 12.2 Å². The molecule has 1 unspecified atom stereocenters. The van der Waals surface area contributed by atoms with Crippen LogP contribution in [0.15, 0.2) is 65.2 Å². The Kier molecular flexibility index (Phi) is 5.84. The fourth-order valence-corrected chi connectivity index (χ4v) is 3.03. The van der Waals surface area contributed by atoms with E-state index in [1.54, 1.807) is 6.92 Å². The minimum Gasteiger partial charge on any atom is -0.419 e. The number of hydrogen-bond acceptors (Lipinski definition) is 4. The van der Waals surface area contributed by atoms with Crippen molar-refractivity contribution in [1.82, 2.24) is 0 Å². The molecule has 0 aromatic heterocycles. The van der Waals surface area contributed by atoms with Crippen LogP contribution in [0, 0.1) is 0 Å². The SMILES string of the molecule is CCC1(c2ccc(C(F)(F)F)cc2)C=C(C(=O)Oc2ccccc2OC(F)(F)F)C=N1. The van der Waals surface area contributed by atoms with E-state index in [0.717, 1.165) is 24.3 Å². The number of ether oxygens (including phenoxy) is 2. The summed E-state index contributed by atoms with van der Waals surface area (Å²) in [7, 11) is 0. The van der Waals surface area contributed by atoms with Gasteiger partial charge in [-0.05, 0) is 42.3 Å². The van der Waals surface area contributed by atoms with Gasteiger partial charge >= 0.3 is 18.5 Å². The topological polar surface area (TPSA) is 47.9 Å². The summed E-state index contributed by atoms with van der Waals surface area (Å²) in [6, 6.07) is 9.12. The Balaban J connectivity index is 1.84. The number of benzene rings is 2. The fourth-order valence-electron chi connectivity index (χ4n) is 3.03. The van der Waals surface area contributed by atoms with Gasteiger partial charge in [-0.1, -0.05) is 31.2 Å². The quantitative estimate of drug-likeness (QED) is 0.332. The molecule has 31 heavy (non-hydrogen) atoms. The molecule has 2 aromatic rings. The van der Waals surface area contributed by atoms with Gasteiger partial charge in [0.25, 0.3) is 0 Å². The second kappa shape index (κ2) is 8.09. The molecule has 3 rings (SSSR count). The van der Waals surface area contributed by atoms with Crippen LogP contribution in [-0.4, -0.2) is 18.5 Å². The molecule has 1 aliphatic heterocycles. The number of hydrogen-bond donors (Lipinski definition) is 0. The second-order valence-electron chi connectivity index (χ2n) is 6.59. The van der Waals surface area contributed by atoms with E-state index in [-0.39, 0.29) is 5.57 Å². The number of para-hydroxylation sites is 2. The maximum Gasteiger partial charge on any atom is 0.573 e. The van der Waals surface area contributed by atoms with Crippen LogP contribution in [0.25, 0.3) is 0 Å². The van der Waals surface area contributed by atoms with E-state index in [1.807, 2.05) is 0 Å². The Morgan fingerprint density at radius 3 is 2.13 bits per heavy atom. The van der Waals surface area contributed by atoms with Gasteiger partial charge in [-0.3, -0.25) is 4.99 Å². The summed E-state index contributed by atoms with van der Waals surface area (Å²) < 4.78 is 84.9. The van der Waals surface area contributed by atoms with Gasteiger partial charge in [-0.25, -0.2) is 4.79 Å². The fraction of sp³-hybridized carbons (Fsp3) is 0.238. The lowest BCUT2D eigenvalue weighted by atomic mass is 9.87. The van der Waals surface area contributed by atoms with Crippen LogP contribution in [0.4, 0.5) is 26.3 Å². The molecule has 164 valence electrons. The van der Waals surface area contributed by atoms with Crippen LogP contribution in [0.2, 0.25) is 0 Å². The van der Waals surface area contributed by atoms with Crippen LogP contribution in [0.5, 0.6) is 11.5 Å². The Labute approximate surface area is 172 Å². The van der Waals surface area contributed by atoms with Gasteiger partial charge in [0.05, 0.1) is 11.1 Å². The number of rotatable bonds is 5. The molecular weight excluding hydrogens is 428 g/mol. The third-order valence-electron chi connectivity index (χ3n) is 4.59. The lowest BCUT2D eigenvalue weighted by Gasteiger charge is -2.23. The van der Waals surface area contributed by atoms with Crippen molar-refractivity contribution in [2.24, 2.45) is 4.99 Å². The minimum atomic E-state index is -4.98. The third kappa shape index (κ3) is 5.07. The predicted molar refractivity (Wildman–Crippen MR) is 98.7 cm³/mol. The summed E-state index contributed by atoms with van der Waals surface area (Å²) in [6.45, 7) is 1.73. The lowest BCUT2D eigenvalue weighted by Crippen LogP contribution is -2.20. The number of alkyl halides is 6. The summed E-state index contributed by atoms with van der Waals surface area (Å²) in [5.74, 6) is -2.12. The van der Waals surface area contributed by atoms with E-state index in [1.165, 1.54) is 36.6 Å². The van der Waals surface area contributed by atoms with Crippen molar-refractivity contribution in [2.75, 3.05) is 0 Å². The lowest BCUT2D eigenvalue weighted by molar-refractivity contribution is -0.275. The molecule has 0 saturated heterocycles. The number of carbonyl (C=O) groups is 1. The Morgan fingerprint density at radius 2 is 1.58 bits per heavy atom. The number of halogens is 6. The molecule has 1 aliphatic rings. The molecular formula is C21H15F6NO3. The maximum atomic E-state index is 12.8. The van der Waals surface area contributed by atoms with E-state index in [9.17, 15) is 31.1 Å². The smallest absolute Gasteiger partial charge is 0.419 e. The van der Waals surface area contributed by atoms with Crippen LogP contribution >= 0.6 is 0 Å². The molecule has 0 spiro atoms. The molecule has 0 N–H and O–H groups in total. The van der Waals surface area contributed by atoms with Crippen LogP contribution in [0.3, 0.4) is 0 Å². The maximum absolute atomic E-state index is 12.8. The van der Waals surface area contributed by atoms with Gasteiger partial charge in [-0.2, -0.15) is 13.2 Å². The molecule has 1 atom stereocenters. The van der Waals surface area contributed by atoms with Gasteiger partial charge in [0, 0.05) is 6.21 Å². The first-order valence-corrected chi connectivity index (χ1v) is 8.96. The Morgan fingerprint density at radius 1 is 0.968 bits per heavy atom. The predicted octanol–water partition coefficient (Wildman–Crippen LogP) is 5.83. The number of aliphatic imine (C=N–C) groups is 1. The number of esters is 1. The molecule has 0 saturated carbocycles. The molecule has 4 nitrogen and oxygen atoms in total. The number of nitrogens with zero attached hydrogens (tertiary/aromatic N) is 1. The molecule has 0 aliphatic carbocycles. The summed E-state index contributed by atoms with van der Waals surface area (Å²) in [6.07, 6.45) is -6.56. The number of carbonyl (C=O) groups excluding carboxylic acids is 1. The highest BCUT2D eigenvalue weighted by atomic mass is 19.4. The third-order valence-corrected chi connectivity index (χ3v) is 4.59. The summed E-state index contributed by atoms with van der Waals surface area (Å²) in [4.78, 5) is 16.7. The minimum absolute atomic E-state index is 0.0523. The largest absolute Gasteiger partial charge is 0.573 e. The zero-order valence-electron chi connectivity index (χ0n) is 15.9. The molecule has 0 amide bonds. The standard InChI is InChI=1S/C21H15F6NO3/c1-2-19(14-7-9-15(10-8-14)20(22,23)24)11-13(12-28-19)18(29)30-16-5-3-4-6-17(16)31-21(25,26)27/h3-12H,2H2,1H3. The zero-order chi connectivity index (χ0) is 22.9. The summed E-state index contributed by atoms with van der Waals surface area (Å²) >= 11 is 0. The summed E-state index contributed by atoms with van der Waals surface area (Å²) in [5, 5.41) is 0. The van der Waals surface area contributed by atoms with Crippen molar-refractivity contribution in [3.8, 4) is 11.5 Å². The van der Waals surface area contributed by atoms with Crippen LogP contribution < -0.4 is 9.47 Å². The Bertz CT molecular complexity index is 1020. The van der Waals surface area contributed by atoms with Gasteiger partial charge in [0.15, 0.2) is 11.5 Å². The van der Waals surface area contributed by atoms with E-state index >= 15 is 0 Å².